The second-order valence-electron chi connectivity index (χ2n) is 4.48. The molecule has 1 heterocycles. The summed E-state index contributed by atoms with van der Waals surface area (Å²) in [6, 6.07) is -0.264. The molecule has 1 fully saturated rings. The Kier molecular flexibility index (Phi) is 3.96. The zero-order valence-electron chi connectivity index (χ0n) is 10.0. The first-order chi connectivity index (χ1) is 7.31. The van der Waals surface area contributed by atoms with Crippen molar-refractivity contribution in [1.82, 2.24) is 4.90 Å². The zero-order chi connectivity index (χ0) is 12.5. The Labute approximate surface area is 96.9 Å². The summed E-state index contributed by atoms with van der Waals surface area (Å²) < 4.78 is 23.3. The van der Waals surface area contributed by atoms with Gasteiger partial charge in [-0.05, 0) is 13.8 Å². The average Bonchev–Trinajstić information content (AvgIpc) is 2.24. The fraction of sp³-hybridized carbons (Fsp3) is 0.900. The topological polar surface area (TPSA) is 80.5 Å². The number of amides is 1. The standard InChI is InChI=1S/C10H20N2O3S/c1-7(6-11)10(13)12-4-5-16(14,15)9(3)8(12)2/h7-9H,4-6,11H2,1-3H3. The van der Waals surface area contributed by atoms with Gasteiger partial charge in [-0.2, -0.15) is 0 Å². The summed E-state index contributed by atoms with van der Waals surface area (Å²) in [6.45, 7) is 5.79. The van der Waals surface area contributed by atoms with Crippen molar-refractivity contribution >= 4 is 15.7 Å². The number of hydrogen-bond donors (Lipinski definition) is 1. The Morgan fingerprint density at radius 2 is 2.06 bits per heavy atom. The van der Waals surface area contributed by atoms with Crippen LogP contribution in [0.3, 0.4) is 0 Å². The maximum atomic E-state index is 11.9. The summed E-state index contributed by atoms with van der Waals surface area (Å²) in [4.78, 5) is 13.6. The van der Waals surface area contributed by atoms with Gasteiger partial charge in [0.2, 0.25) is 5.91 Å². The first-order valence-corrected chi connectivity index (χ1v) is 7.25. The lowest BCUT2D eigenvalue weighted by Gasteiger charge is -2.38. The van der Waals surface area contributed by atoms with Crippen LogP contribution < -0.4 is 5.73 Å². The van der Waals surface area contributed by atoms with Crippen LogP contribution >= 0.6 is 0 Å². The Morgan fingerprint density at radius 3 is 2.56 bits per heavy atom. The van der Waals surface area contributed by atoms with Gasteiger partial charge >= 0.3 is 0 Å². The van der Waals surface area contributed by atoms with Gasteiger partial charge in [0.1, 0.15) is 0 Å². The molecule has 6 heteroatoms. The predicted octanol–water partition coefficient (Wildman–Crippen LogP) is -0.385. The lowest BCUT2D eigenvalue weighted by atomic mass is 10.1. The molecule has 0 aromatic carbocycles. The highest BCUT2D eigenvalue weighted by molar-refractivity contribution is 7.92. The molecule has 3 atom stereocenters. The fourth-order valence-corrected chi connectivity index (χ4v) is 3.43. The molecule has 1 aliphatic heterocycles. The number of carbonyl (C=O) groups is 1. The number of rotatable bonds is 2. The zero-order valence-corrected chi connectivity index (χ0v) is 10.8. The molecule has 0 spiro atoms. The van der Waals surface area contributed by atoms with Crippen LogP contribution in [0.25, 0.3) is 0 Å². The van der Waals surface area contributed by atoms with Crippen LogP contribution in [-0.2, 0) is 14.6 Å². The van der Waals surface area contributed by atoms with E-state index in [1.807, 2.05) is 0 Å². The Balaban J connectivity index is 2.83. The van der Waals surface area contributed by atoms with Gasteiger partial charge in [0.05, 0.1) is 11.0 Å². The van der Waals surface area contributed by atoms with E-state index < -0.39 is 15.1 Å². The SMILES string of the molecule is CC(CN)C(=O)N1CCS(=O)(=O)C(C)C1C. The van der Waals surface area contributed by atoms with E-state index in [1.165, 1.54) is 0 Å². The monoisotopic (exact) mass is 248 g/mol. The van der Waals surface area contributed by atoms with Gasteiger partial charge in [-0.1, -0.05) is 6.92 Å². The van der Waals surface area contributed by atoms with Gasteiger partial charge in [0.15, 0.2) is 9.84 Å². The molecule has 1 saturated heterocycles. The molecule has 0 aromatic heterocycles. The molecule has 94 valence electrons. The molecule has 0 radical (unpaired) electrons. The van der Waals surface area contributed by atoms with Crippen molar-refractivity contribution in [3.8, 4) is 0 Å². The molecule has 16 heavy (non-hydrogen) atoms. The van der Waals surface area contributed by atoms with Gasteiger partial charge in [-0.15, -0.1) is 0 Å². The van der Waals surface area contributed by atoms with Gasteiger partial charge < -0.3 is 10.6 Å². The molecular weight excluding hydrogens is 228 g/mol. The van der Waals surface area contributed by atoms with Gasteiger partial charge in [0.25, 0.3) is 0 Å². The molecule has 0 bridgehead atoms. The van der Waals surface area contributed by atoms with Crippen molar-refractivity contribution in [3.63, 3.8) is 0 Å². The molecule has 2 N–H and O–H groups in total. The van der Waals surface area contributed by atoms with E-state index in [2.05, 4.69) is 0 Å². The highest BCUT2D eigenvalue weighted by atomic mass is 32.2. The van der Waals surface area contributed by atoms with Crippen LogP contribution in [0.15, 0.2) is 0 Å². The number of carbonyl (C=O) groups excluding carboxylic acids is 1. The summed E-state index contributed by atoms with van der Waals surface area (Å²) >= 11 is 0. The van der Waals surface area contributed by atoms with Gasteiger partial charge in [-0.25, -0.2) is 8.42 Å². The molecule has 1 rings (SSSR count). The number of nitrogens with zero attached hydrogens (tertiary/aromatic N) is 1. The van der Waals surface area contributed by atoms with Crippen LogP contribution in [0.4, 0.5) is 0 Å². The summed E-state index contributed by atoms with van der Waals surface area (Å²) in [5.41, 5.74) is 5.45. The first kappa shape index (κ1) is 13.4. The molecule has 3 unspecified atom stereocenters. The highest BCUT2D eigenvalue weighted by Gasteiger charge is 2.38. The summed E-state index contributed by atoms with van der Waals surface area (Å²) in [5.74, 6) is -0.228. The maximum Gasteiger partial charge on any atom is 0.226 e. The molecular formula is C10H20N2O3S. The molecule has 1 amide bonds. The Hall–Kier alpha value is -0.620. The summed E-state index contributed by atoms with van der Waals surface area (Å²) in [5, 5.41) is -0.491. The van der Waals surface area contributed by atoms with Crippen LogP contribution in [-0.4, -0.2) is 49.4 Å². The maximum absolute atomic E-state index is 11.9. The van der Waals surface area contributed by atoms with E-state index in [-0.39, 0.29) is 30.2 Å². The minimum Gasteiger partial charge on any atom is -0.337 e. The van der Waals surface area contributed by atoms with E-state index in [0.717, 1.165) is 0 Å². The molecule has 1 aliphatic rings. The largest absolute Gasteiger partial charge is 0.337 e. The molecule has 0 aromatic rings. The molecule has 0 saturated carbocycles. The Bertz CT molecular complexity index is 366. The number of sulfone groups is 1. The van der Waals surface area contributed by atoms with Crippen LogP contribution in [0, 0.1) is 5.92 Å². The first-order valence-electron chi connectivity index (χ1n) is 5.53. The van der Waals surface area contributed by atoms with Crippen LogP contribution in [0.5, 0.6) is 0 Å². The van der Waals surface area contributed by atoms with E-state index in [0.29, 0.717) is 6.54 Å². The summed E-state index contributed by atoms with van der Waals surface area (Å²) in [6.07, 6.45) is 0. The predicted molar refractivity (Wildman–Crippen MR) is 62.6 cm³/mol. The summed E-state index contributed by atoms with van der Waals surface area (Å²) in [7, 11) is -3.03. The molecule has 0 aliphatic carbocycles. The van der Waals surface area contributed by atoms with Crippen molar-refractivity contribution in [3.05, 3.63) is 0 Å². The van der Waals surface area contributed by atoms with Crippen LogP contribution in [0.2, 0.25) is 0 Å². The normalized spacial score (nSPS) is 31.1. The second-order valence-corrected chi connectivity index (χ2v) is 6.96. The number of nitrogens with two attached hydrogens (primary N) is 1. The van der Waals surface area contributed by atoms with Gasteiger partial charge in [0, 0.05) is 25.0 Å². The smallest absolute Gasteiger partial charge is 0.226 e. The van der Waals surface area contributed by atoms with Crippen molar-refractivity contribution < 1.29 is 13.2 Å². The fourth-order valence-electron chi connectivity index (χ4n) is 1.86. The molecule has 5 nitrogen and oxygen atoms in total. The quantitative estimate of drug-likeness (QED) is 0.722. The Morgan fingerprint density at radius 1 is 1.50 bits per heavy atom. The van der Waals surface area contributed by atoms with E-state index >= 15 is 0 Å². The van der Waals surface area contributed by atoms with Gasteiger partial charge in [-0.3, -0.25) is 4.79 Å². The third kappa shape index (κ3) is 2.38. The van der Waals surface area contributed by atoms with E-state index in [4.69, 9.17) is 5.73 Å². The lowest BCUT2D eigenvalue weighted by molar-refractivity contribution is -0.136. The van der Waals surface area contributed by atoms with Crippen molar-refractivity contribution in [2.24, 2.45) is 11.7 Å². The minimum absolute atomic E-state index is 0.0447. The van der Waals surface area contributed by atoms with E-state index in [1.54, 1.807) is 25.7 Å². The lowest BCUT2D eigenvalue weighted by Crippen LogP contribution is -2.55. The van der Waals surface area contributed by atoms with E-state index in [9.17, 15) is 13.2 Å². The van der Waals surface area contributed by atoms with Crippen LogP contribution in [0.1, 0.15) is 20.8 Å². The van der Waals surface area contributed by atoms with Crippen molar-refractivity contribution in [1.29, 1.82) is 0 Å². The van der Waals surface area contributed by atoms with Crippen molar-refractivity contribution in [2.45, 2.75) is 32.1 Å². The minimum atomic E-state index is -3.03. The third-order valence-electron chi connectivity index (χ3n) is 3.41. The number of hydrogen-bond acceptors (Lipinski definition) is 4. The average molecular weight is 248 g/mol. The third-order valence-corrected chi connectivity index (χ3v) is 5.69. The second kappa shape index (κ2) is 4.71. The highest BCUT2D eigenvalue weighted by Crippen LogP contribution is 2.20. The van der Waals surface area contributed by atoms with Crippen molar-refractivity contribution in [2.75, 3.05) is 18.8 Å².